The van der Waals surface area contributed by atoms with Gasteiger partial charge in [0.05, 0.1) is 5.41 Å². The van der Waals surface area contributed by atoms with E-state index in [1.54, 1.807) is 0 Å². The predicted molar refractivity (Wildman–Crippen MR) is 286 cm³/mol. The number of benzene rings is 10. The van der Waals surface area contributed by atoms with Crippen molar-refractivity contribution in [1.29, 1.82) is 0 Å². The fourth-order valence-electron chi connectivity index (χ4n) is 11.9. The normalized spacial score (nSPS) is 14.3. The molecule has 0 N–H and O–H groups in total. The summed E-state index contributed by atoms with van der Waals surface area (Å²) in [5.74, 6) is 0.561. The van der Waals surface area contributed by atoms with Crippen molar-refractivity contribution in [3.63, 3.8) is 0 Å². The summed E-state index contributed by atoms with van der Waals surface area (Å²) in [6.45, 7) is 0. The topological polar surface area (TPSA) is 3.24 Å². The highest BCUT2D eigenvalue weighted by Gasteiger charge is 2.47. The number of thiophene rings is 1. The van der Waals surface area contributed by atoms with Gasteiger partial charge in [-0.3, -0.25) is 0 Å². The molecule has 1 aromatic heterocycles. The minimum atomic E-state index is -0.513. The Hall–Kier alpha value is -7.52. The van der Waals surface area contributed by atoms with Crippen LogP contribution in [0, 0.1) is 0 Å². The third-order valence-corrected chi connectivity index (χ3v) is 16.1. The lowest BCUT2D eigenvalue weighted by atomic mass is 9.67. The lowest BCUT2D eigenvalue weighted by Gasteiger charge is -2.35. The van der Waals surface area contributed by atoms with E-state index in [2.05, 4.69) is 235 Å². The Morgan fingerprint density at radius 3 is 1.66 bits per heavy atom. The van der Waals surface area contributed by atoms with Gasteiger partial charge < -0.3 is 4.90 Å². The molecule has 2 aliphatic rings. The summed E-state index contributed by atoms with van der Waals surface area (Å²) in [5.41, 5.74) is 17.4. The molecule has 1 heterocycles. The molecule has 11 aromatic rings. The summed E-state index contributed by atoms with van der Waals surface area (Å²) in [5, 5.41) is 5.08. The number of nitrogens with zero attached hydrogens (tertiary/aromatic N) is 1. The zero-order valence-electron chi connectivity index (χ0n) is 37.4. The summed E-state index contributed by atoms with van der Waals surface area (Å²) >= 11 is 1.87. The fourth-order valence-corrected chi connectivity index (χ4v) is 13.0. The maximum absolute atomic E-state index is 2.54. The minimum absolute atomic E-state index is 0.513. The minimum Gasteiger partial charge on any atom is -0.310 e. The van der Waals surface area contributed by atoms with Crippen LogP contribution in [0.25, 0.3) is 64.3 Å². The number of rotatable bonds is 8. The highest BCUT2D eigenvalue weighted by Crippen LogP contribution is 2.59. The molecule has 0 bridgehead atoms. The molecule has 1 nitrogen and oxygen atoms in total. The molecular formula is C65H49NS. The summed E-state index contributed by atoms with van der Waals surface area (Å²) < 4.78 is 2.62. The van der Waals surface area contributed by atoms with E-state index < -0.39 is 5.41 Å². The van der Waals surface area contributed by atoms with Crippen LogP contribution in [-0.4, -0.2) is 0 Å². The van der Waals surface area contributed by atoms with Gasteiger partial charge in [0.2, 0.25) is 0 Å². The lowest BCUT2D eigenvalue weighted by molar-refractivity contribution is 0.444. The quantitative estimate of drug-likeness (QED) is 0.147. The lowest BCUT2D eigenvalue weighted by Crippen LogP contribution is -2.29. The van der Waals surface area contributed by atoms with Crippen molar-refractivity contribution >= 4 is 59.3 Å². The second-order valence-electron chi connectivity index (χ2n) is 18.6. The zero-order chi connectivity index (χ0) is 44.3. The van der Waals surface area contributed by atoms with E-state index >= 15 is 0 Å². The van der Waals surface area contributed by atoms with Gasteiger partial charge in [0, 0.05) is 37.2 Å². The average Bonchev–Trinajstić information content (AvgIpc) is 3.93. The summed E-state index contributed by atoms with van der Waals surface area (Å²) in [7, 11) is 0. The molecule has 0 aliphatic heterocycles. The predicted octanol–water partition coefficient (Wildman–Crippen LogP) is 18.4. The highest BCUT2D eigenvalue weighted by molar-refractivity contribution is 7.25. The van der Waals surface area contributed by atoms with Gasteiger partial charge in [-0.15, -0.1) is 11.3 Å². The first kappa shape index (κ1) is 39.8. The van der Waals surface area contributed by atoms with Gasteiger partial charge in [-0.2, -0.15) is 0 Å². The van der Waals surface area contributed by atoms with E-state index in [1.165, 1.54) is 124 Å². The Morgan fingerprint density at radius 1 is 0.388 bits per heavy atom. The number of anilines is 3. The molecule has 0 radical (unpaired) electrons. The molecule has 0 saturated heterocycles. The largest absolute Gasteiger partial charge is 0.310 e. The third-order valence-electron chi connectivity index (χ3n) is 14.9. The Morgan fingerprint density at radius 2 is 0.955 bits per heavy atom. The van der Waals surface area contributed by atoms with E-state index in [0.717, 1.165) is 17.1 Å². The molecule has 2 aliphatic carbocycles. The van der Waals surface area contributed by atoms with Gasteiger partial charge in [-0.05, 0) is 151 Å². The summed E-state index contributed by atoms with van der Waals surface area (Å²) in [6.07, 6.45) is 6.44. The van der Waals surface area contributed by atoms with Crippen molar-refractivity contribution < 1.29 is 0 Å². The summed E-state index contributed by atoms with van der Waals surface area (Å²) in [4.78, 5) is 2.50. The first-order valence-corrected chi connectivity index (χ1v) is 24.8. The Kier molecular flexibility index (Phi) is 9.76. The molecule has 0 spiro atoms. The van der Waals surface area contributed by atoms with Crippen LogP contribution >= 0.6 is 11.3 Å². The Balaban J connectivity index is 1.04. The number of fused-ring (bicyclic) bond motifs is 7. The van der Waals surface area contributed by atoms with Crippen molar-refractivity contribution in [3.05, 3.63) is 258 Å². The van der Waals surface area contributed by atoms with E-state index in [9.17, 15) is 0 Å². The summed E-state index contributed by atoms with van der Waals surface area (Å²) in [6, 6.07) is 86.8. The van der Waals surface area contributed by atoms with Crippen LogP contribution in [0.1, 0.15) is 65.8 Å². The zero-order valence-corrected chi connectivity index (χ0v) is 38.2. The molecule has 2 heteroatoms. The van der Waals surface area contributed by atoms with Crippen LogP contribution in [0.3, 0.4) is 0 Å². The first-order valence-electron chi connectivity index (χ1n) is 24.0. The van der Waals surface area contributed by atoms with Crippen LogP contribution in [0.5, 0.6) is 0 Å². The third kappa shape index (κ3) is 6.57. The van der Waals surface area contributed by atoms with Crippen LogP contribution in [0.15, 0.2) is 231 Å². The molecule has 1 fully saturated rings. The van der Waals surface area contributed by atoms with E-state index in [1.807, 2.05) is 11.3 Å². The van der Waals surface area contributed by atoms with E-state index in [0.29, 0.717) is 5.92 Å². The van der Waals surface area contributed by atoms with Gasteiger partial charge in [-0.1, -0.05) is 189 Å². The van der Waals surface area contributed by atoms with Crippen molar-refractivity contribution in [2.24, 2.45) is 0 Å². The molecular weight excluding hydrogens is 827 g/mol. The molecule has 1 saturated carbocycles. The maximum atomic E-state index is 2.54. The molecule has 0 unspecified atom stereocenters. The SMILES string of the molecule is c1ccc(-c2cc3ccccc3cc2-c2ccc(N(c3ccc4c(c3)C(c3ccccc3)(c3ccccc3)c3cccc(C5CCCCC5)c3-4)c3ccc4sc5ccccc5c4c3)cc2)cc1. The maximum Gasteiger partial charge on any atom is 0.0714 e. The molecule has 0 atom stereocenters. The molecule has 10 aromatic carbocycles. The van der Waals surface area contributed by atoms with Gasteiger partial charge >= 0.3 is 0 Å². The average molecular weight is 876 g/mol. The number of hydrogen-bond donors (Lipinski definition) is 0. The highest BCUT2D eigenvalue weighted by atomic mass is 32.1. The van der Waals surface area contributed by atoms with Gasteiger partial charge in [0.1, 0.15) is 0 Å². The van der Waals surface area contributed by atoms with Crippen LogP contribution < -0.4 is 4.90 Å². The fraction of sp³-hybridized carbons (Fsp3) is 0.108. The van der Waals surface area contributed by atoms with Gasteiger partial charge in [0.25, 0.3) is 0 Å². The van der Waals surface area contributed by atoms with Gasteiger partial charge in [0.15, 0.2) is 0 Å². The van der Waals surface area contributed by atoms with E-state index in [4.69, 9.17) is 0 Å². The van der Waals surface area contributed by atoms with Crippen LogP contribution in [0.4, 0.5) is 17.1 Å². The van der Waals surface area contributed by atoms with Crippen molar-refractivity contribution in [1.82, 2.24) is 0 Å². The molecule has 320 valence electrons. The Bertz CT molecular complexity index is 3560. The van der Waals surface area contributed by atoms with E-state index in [-0.39, 0.29) is 0 Å². The second kappa shape index (κ2) is 16.4. The smallest absolute Gasteiger partial charge is 0.0714 e. The number of hydrogen-bond acceptors (Lipinski definition) is 2. The van der Waals surface area contributed by atoms with Crippen molar-refractivity contribution in [2.75, 3.05) is 4.90 Å². The van der Waals surface area contributed by atoms with Crippen LogP contribution in [0.2, 0.25) is 0 Å². The second-order valence-corrected chi connectivity index (χ2v) is 19.7. The van der Waals surface area contributed by atoms with Gasteiger partial charge in [-0.25, -0.2) is 0 Å². The molecule has 0 amide bonds. The van der Waals surface area contributed by atoms with Crippen molar-refractivity contribution in [3.8, 4) is 33.4 Å². The Labute approximate surface area is 397 Å². The van der Waals surface area contributed by atoms with Crippen LogP contribution in [-0.2, 0) is 5.41 Å². The standard InChI is InChI=1S/C65H49NS/c1-5-18-44(19-6-1)54-29-17-30-60-64(54)56-38-36-53(43-61(56)65(60,49-24-9-3-10-25-49)50-26-11-4-12-27-50)66(52-37-39-63-59(42-52)55-28-15-16-31-62(55)67-63)51-34-32-46(33-35-51)58-41-48-23-14-13-22-47(48)40-57(58)45-20-7-2-8-21-45/h2-4,7-17,20-44H,1,5-6,18-19H2. The molecule has 13 rings (SSSR count). The monoisotopic (exact) mass is 875 g/mol. The molecule has 67 heavy (non-hydrogen) atoms. The van der Waals surface area contributed by atoms with Crippen molar-refractivity contribution in [2.45, 2.75) is 43.4 Å². The first-order chi connectivity index (χ1) is 33.2.